The summed E-state index contributed by atoms with van der Waals surface area (Å²) < 4.78 is 1.95. The highest BCUT2D eigenvalue weighted by Crippen LogP contribution is 2.02. The van der Waals surface area contributed by atoms with Gasteiger partial charge in [-0.25, -0.2) is 0 Å². The number of rotatable bonds is 8. The maximum Gasteiger partial charge on any atom is 0.306 e. The molecule has 1 aromatic heterocycles. The second-order valence-electron chi connectivity index (χ2n) is 4.46. The summed E-state index contributed by atoms with van der Waals surface area (Å²) >= 11 is 0. The van der Waals surface area contributed by atoms with Gasteiger partial charge < -0.3 is 15.5 Å². The van der Waals surface area contributed by atoms with Crippen LogP contribution in [0.2, 0.25) is 0 Å². The van der Waals surface area contributed by atoms with E-state index in [0.717, 1.165) is 30.9 Å². The molecular formula is C12H21N3O3. The van der Waals surface area contributed by atoms with Gasteiger partial charge in [-0.3, -0.25) is 9.48 Å². The first-order valence-corrected chi connectivity index (χ1v) is 6.10. The van der Waals surface area contributed by atoms with Gasteiger partial charge in [0.15, 0.2) is 0 Å². The molecule has 0 spiro atoms. The molecule has 0 saturated carbocycles. The Balaban J connectivity index is 2.12. The van der Waals surface area contributed by atoms with Crippen LogP contribution in [-0.2, 0) is 11.3 Å². The molecule has 1 aromatic rings. The first-order valence-electron chi connectivity index (χ1n) is 6.10. The number of carbonyl (C=O) groups is 1. The summed E-state index contributed by atoms with van der Waals surface area (Å²) in [6, 6.07) is 2.03. The number of aromatic nitrogens is 2. The smallest absolute Gasteiger partial charge is 0.306 e. The summed E-state index contributed by atoms with van der Waals surface area (Å²) in [4.78, 5) is 10.3. The van der Waals surface area contributed by atoms with E-state index in [-0.39, 0.29) is 6.42 Å². The van der Waals surface area contributed by atoms with Gasteiger partial charge in [-0.2, -0.15) is 5.10 Å². The van der Waals surface area contributed by atoms with Gasteiger partial charge in [-0.05, 0) is 32.9 Å². The summed E-state index contributed by atoms with van der Waals surface area (Å²) in [5, 5.41) is 25.2. The quantitative estimate of drug-likeness (QED) is 0.582. The lowest BCUT2D eigenvalue weighted by atomic mass is 10.2. The topological polar surface area (TPSA) is 87.4 Å². The molecule has 0 saturated heterocycles. The van der Waals surface area contributed by atoms with Gasteiger partial charge in [-0.1, -0.05) is 0 Å². The van der Waals surface area contributed by atoms with E-state index in [1.165, 1.54) is 0 Å². The molecule has 1 rings (SSSR count). The van der Waals surface area contributed by atoms with Crippen molar-refractivity contribution in [2.75, 3.05) is 13.1 Å². The fourth-order valence-corrected chi connectivity index (χ4v) is 1.80. The van der Waals surface area contributed by atoms with Crippen LogP contribution in [0.5, 0.6) is 0 Å². The molecule has 18 heavy (non-hydrogen) atoms. The van der Waals surface area contributed by atoms with Gasteiger partial charge in [0.05, 0.1) is 18.2 Å². The Morgan fingerprint density at radius 1 is 1.56 bits per heavy atom. The molecule has 6 nitrogen and oxygen atoms in total. The number of nitrogens with zero attached hydrogens (tertiary/aromatic N) is 2. The SMILES string of the molecule is Cc1cc(C)n(CCCNCC(O)CC(=O)O)n1. The fraction of sp³-hybridized carbons (Fsp3) is 0.667. The van der Waals surface area contributed by atoms with Gasteiger partial charge in [0.2, 0.25) is 0 Å². The van der Waals surface area contributed by atoms with E-state index in [2.05, 4.69) is 10.4 Å². The van der Waals surface area contributed by atoms with Crippen molar-refractivity contribution in [1.29, 1.82) is 0 Å². The van der Waals surface area contributed by atoms with Crippen LogP contribution in [0.3, 0.4) is 0 Å². The van der Waals surface area contributed by atoms with Crippen molar-refractivity contribution in [3.63, 3.8) is 0 Å². The van der Waals surface area contributed by atoms with E-state index >= 15 is 0 Å². The molecule has 0 radical (unpaired) electrons. The molecule has 0 aliphatic heterocycles. The molecule has 0 aliphatic rings. The number of hydrogen-bond donors (Lipinski definition) is 3. The highest BCUT2D eigenvalue weighted by atomic mass is 16.4. The minimum absolute atomic E-state index is 0.218. The van der Waals surface area contributed by atoms with Crippen molar-refractivity contribution in [3.05, 3.63) is 17.5 Å². The van der Waals surface area contributed by atoms with Gasteiger partial charge in [0, 0.05) is 18.8 Å². The molecule has 0 amide bonds. The van der Waals surface area contributed by atoms with Crippen LogP contribution >= 0.6 is 0 Å². The van der Waals surface area contributed by atoms with Crippen LogP contribution in [-0.4, -0.2) is 45.2 Å². The molecule has 102 valence electrons. The lowest BCUT2D eigenvalue weighted by Crippen LogP contribution is -2.29. The van der Waals surface area contributed by atoms with Crippen molar-refractivity contribution < 1.29 is 15.0 Å². The maximum atomic E-state index is 10.3. The zero-order chi connectivity index (χ0) is 13.5. The van der Waals surface area contributed by atoms with Crippen LogP contribution in [0.1, 0.15) is 24.2 Å². The Bertz CT molecular complexity index is 390. The van der Waals surface area contributed by atoms with Crippen LogP contribution in [0.4, 0.5) is 0 Å². The number of carboxylic acid groups (broad SMARTS) is 1. The second-order valence-corrected chi connectivity index (χ2v) is 4.46. The minimum Gasteiger partial charge on any atom is -0.481 e. The summed E-state index contributed by atoms with van der Waals surface area (Å²) in [7, 11) is 0. The first kappa shape index (κ1) is 14.7. The average Bonchev–Trinajstić information content (AvgIpc) is 2.56. The monoisotopic (exact) mass is 255 g/mol. The summed E-state index contributed by atoms with van der Waals surface area (Å²) in [6.45, 7) is 5.84. The Labute approximate surface area is 107 Å². The number of hydrogen-bond acceptors (Lipinski definition) is 4. The molecule has 0 aliphatic carbocycles. The lowest BCUT2D eigenvalue weighted by molar-refractivity contribution is -0.139. The highest BCUT2D eigenvalue weighted by molar-refractivity contribution is 5.67. The van der Waals surface area contributed by atoms with Gasteiger partial charge in [-0.15, -0.1) is 0 Å². The van der Waals surface area contributed by atoms with Crippen molar-refractivity contribution in [2.24, 2.45) is 0 Å². The normalized spacial score (nSPS) is 12.6. The molecule has 0 bridgehead atoms. The zero-order valence-electron chi connectivity index (χ0n) is 10.9. The summed E-state index contributed by atoms with van der Waals surface area (Å²) in [5.41, 5.74) is 2.15. The maximum absolute atomic E-state index is 10.3. The number of carboxylic acids is 1. The largest absolute Gasteiger partial charge is 0.481 e. The van der Waals surface area contributed by atoms with Gasteiger partial charge in [0.1, 0.15) is 0 Å². The number of aryl methyl sites for hydroxylation is 3. The average molecular weight is 255 g/mol. The van der Waals surface area contributed by atoms with Crippen LogP contribution in [0.25, 0.3) is 0 Å². The lowest BCUT2D eigenvalue weighted by Gasteiger charge is -2.09. The predicted octanol–water partition coefficient (Wildman–Crippen LogP) is 0.315. The Morgan fingerprint density at radius 3 is 2.83 bits per heavy atom. The summed E-state index contributed by atoms with van der Waals surface area (Å²) in [5.74, 6) is -0.980. The third kappa shape index (κ3) is 5.29. The second kappa shape index (κ2) is 7.13. The Morgan fingerprint density at radius 2 is 2.28 bits per heavy atom. The molecule has 1 atom stereocenters. The molecule has 6 heteroatoms. The van der Waals surface area contributed by atoms with Gasteiger partial charge >= 0.3 is 5.97 Å². The first-order chi connectivity index (χ1) is 8.49. The molecular weight excluding hydrogens is 234 g/mol. The van der Waals surface area contributed by atoms with E-state index in [4.69, 9.17) is 5.11 Å². The van der Waals surface area contributed by atoms with E-state index in [1.54, 1.807) is 0 Å². The van der Waals surface area contributed by atoms with Crippen LogP contribution < -0.4 is 5.32 Å². The molecule has 1 heterocycles. The Kier molecular flexibility index (Phi) is 5.80. The molecule has 0 fully saturated rings. The van der Waals surface area contributed by atoms with Crippen LogP contribution in [0, 0.1) is 13.8 Å². The zero-order valence-corrected chi connectivity index (χ0v) is 10.9. The number of aliphatic carboxylic acids is 1. The van der Waals surface area contributed by atoms with Crippen molar-refractivity contribution >= 4 is 5.97 Å². The van der Waals surface area contributed by atoms with Crippen molar-refractivity contribution in [1.82, 2.24) is 15.1 Å². The Hall–Kier alpha value is -1.40. The van der Waals surface area contributed by atoms with Crippen LogP contribution in [0.15, 0.2) is 6.07 Å². The minimum atomic E-state index is -0.980. The van der Waals surface area contributed by atoms with E-state index in [1.807, 2.05) is 24.6 Å². The number of nitrogens with one attached hydrogen (secondary N) is 1. The highest BCUT2D eigenvalue weighted by Gasteiger charge is 2.08. The van der Waals surface area contributed by atoms with E-state index in [9.17, 15) is 9.90 Å². The molecule has 1 unspecified atom stereocenters. The van der Waals surface area contributed by atoms with E-state index in [0.29, 0.717) is 6.54 Å². The van der Waals surface area contributed by atoms with Crippen molar-refractivity contribution in [2.45, 2.75) is 39.3 Å². The third-order valence-electron chi connectivity index (χ3n) is 2.62. The molecule has 0 aromatic carbocycles. The molecule has 3 N–H and O–H groups in total. The predicted molar refractivity (Wildman–Crippen MR) is 67.4 cm³/mol. The number of aliphatic hydroxyl groups excluding tert-OH is 1. The fourth-order valence-electron chi connectivity index (χ4n) is 1.80. The standard InChI is InChI=1S/C12H21N3O3/c1-9-6-10(2)15(14-9)5-3-4-13-8-11(16)7-12(17)18/h6,11,13,16H,3-5,7-8H2,1-2H3,(H,17,18). The number of aliphatic hydroxyl groups is 1. The van der Waals surface area contributed by atoms with E-state index < -0.39 is 12.1 Å². The third-order valence-corrected chi connectivity index (χ3v) is 2.62. The summed E-state index contributed by atoms with van der Waals surface area (Å²) in [6.07, 6.45) is -0.150. The van der Waals surface area contributed by atoms with Gasteiger partial charge in [0.25, 0.3) is 0 Å². The van der Waals surface area contributed by atoms with Crippen molar-refractivity contribution in [3.8, 4) is 0 Å².